The van der Waals surface area contributed by atoms with Gasteiger partial charge in [-0.05, 0) is 60.0 Å². The zero-order valence-corrected chi connectivity index (χ0v) is 18.3. The van der Waals surface area contributed by atoms with E-state index in [0.717, 1.165) is 28.4 Å². The van der Waals surface area contributed by atoms with Crippen molar-refractivity contribution in [2.45, 2.75) is 25.2 Å². The van der Waals surface area contributed by atoms with E-state index in [0.29, 0.717) is 5.56 Å². The second-order valence-electron chi connectivity index (χ2n) is 7.33. The molecule has 0 aliphatic heterocycles. The normalized spacial score (nSPS) is 11.8. The molecule has 0 heterocycles. The Bertz CT molecular complexity index is 1340. The molecule has 156 valence electrons. The van der Waals surface area contributed by atoms with Crippen LogP contribution in [0.4, 0.5) is 5.69 Å². The number of benzene rings is 4. The lowest BCUT2D eigenvalue weighted by Gasteiger charge is -2.12. The highest BCUT2D eigenvalue weighted by molar-refractivity contribution is 7.87. The average Bonchev–Trinajstić information content (AvgIpc) is 2.78. The van der Waals surface area contributed by atoms with E-state index < -0.39 is 10.1 Å². The van der Waals surface area contributed by atoms with Crippen molar-refractivity contribution in [1.82, 2.24) is 0 Å². The van der Waals surface area contributed by atoms with Gasteiger partial charge in [-0.25, -0.2) is 0 Å². The Morgan fingerprint density at radius 1 is 0.871 bits per heavy atom. The van der Waals surface area contributed by atoms with E-state index in [2.05, 4.69) is 11.9 Å². The van der Waals surface area contributed by atoms with Crippen molar-refractivity contribution in [2.24, 2.45) is 4.99 Å². The van der Waals surface area contributed by atoms with E-state index >= 15 is 0 Å². The van der Waals surface area contributed by atoms with Crippen LogP contribution in [-0.2, 0) is 16.5 Å². The molecule has 0 saturated carbocycles. The molecule has 5 heteroatoms. The SMILES string of the molecule is CCc1ccc(N=Cc2c(OS(=O)(=O)c3ccc(C)cc3)ccc3ccccc23)cc1. The molecule has 0 spiro atoms. The summed E-state index contributed by atoms with van der Waals surface area (Å²) in [4.78, 5) is 4.69. The highest BCUT2D eigenvalue weighted by Crippen LogP contribution is 2.30. The maximum Gasteiger partial charge on any atom is 0.339 e. The first kappa shape index (κ1) is 20.8. The molecule has 4 aromatic carbocycles. The minimum Gasteiger partial charge on any atom is -0.378 e. The first-order valence-corrected chi connectivity index (χ1v) is 11.5. The number of fused-ring (bicyclic) bond motifs is 1. The summed E-state index contributed by atoms with van der Waals surface area (Å²) in [6.07, 6.45) is 2.63. The maximum atomic E-state index is 12.9. The molecule has 0 aliphatic carbocycles. The predicted octanol–water partition coefficient (Wildman–Crippen LogP) is 6.23. The number of hydrogen-bond acceptors (Lipinski definition) is 4. The van der Waals surface area contributed by atoms with Gasteiger partial charge in [-0.1, -0.05) is 67.1 Å². The molecule has 0 amide bonds. The fourth-order valence-corrected chi connectivity index (χ4v) is 4.26. The van der Waals surface area contributed by atoms with Crippen LogP contribution in [0.2, 0.25) is 0 Å². The second-order valence-corrected chi connectivity index (χ2v) is 8.87. The Labute approximate surface area is 183 Å². The van der Waals surface area contributed by atoms with E-state index in [1.54, 1.807) is 36.5 Å². The topological polar surface area (TPSA) is 55.7 Å². The Balaban J connectivity index is 1.76. The van der Waals surface area contributed by atoms with Gasteiger partial charge < -0.3 is 4.18 Å². The molecule has 0 unspecified atom stereocenters. The highest BCUT2D eigenvalue weighted by Gasteiger charge is 2.19. The van der Waals surface area contributed by atoms with Crippen LogP contribution in [0.5, 0.6) is 5.75 Å². The van der Waals surface area contributed by atoms with Crippen LogP contribution in [-0.4, -0.2) is 14.6 Å². The van der Waals surface area contributed by atoms with Crippen LogP contribution in [0.15, 0.2) is 94.8 Å². The summed E-state index contributed by atoms with van der Waals surface area (Å²) in [6, 6.07) is 25.9. The van der Waals surface area contributed by atoms with Crippen LogP contribution in [0.1, 0.15) is 23.6 Å². The van der Waals surface area contributed by atoms with Crippen LogP contribution in [0.25, 0.3) is 10.8 Å². The summed E-state index contributed by atoms with van der Waals surface area (Å²) in [7, 11) is -3.97. The van der Waals surface area contributed by atoms with Gasteiger partial charge in [-0.3, -0.25) is 4.99 Å². The maximum absolute atomic E-state index is 12.9. The molecule has 0 aliphatic rings. The van der Waals surface area contributed by atoms with Crippen molar-refractivity contribution in [1.29, 1.82) is 0 Å². The van der Waals surface area contributed by atoms with Gasteiger partial charge in [0.1, 0.15) is 4.90 Å². The minimum absolute atomic E-state index is 0.115. The third-order valence-electron chi connectivity index (χ3n) is 5.13. The fraction of sp³-hybridized carbons (Fsp3) is 0.115. The van der Waals surface area contributed by atoms with Gasteiger partial charge in [0.15, 0.2) is 5.75 Å². The molecule has 4 rings (SSSR count). The highest BCUT2D eigenvalue weighted by atomic mass is 32.2. The standard InChI is InChI=1S/C26H23NO3S/c1-3-20-10-13-22(14-11-20)27-18-25-24-7-5-4-6-21(24)12-17-26(25)30-31(28,29)23-15-8-19(2)9-16-23/h4-18H,3H2,1-2H3. The summed E-state index contributed by atoms with van der Waals surface area (Å²) in [5.41, 5.74) is 3.62. The molecule has 4 nitrogen and oxygen atoms in total. The van der Waals surface area contributed by atoms with Gasteiger partial charge in [0.2, 0.25) is 0 Å². The van der Waals surface area contributed by atoms with Gasteiger partial charge in [0, 0.05) is 11.8 Å². The van der Waals surface area contributed by atoms with Crippen molar-refractivity contribution >= 4 is 32.8 Å². The van der Waals surface area contributed by atoms with Gasteiger partial charge in [-0.2, -0.15) is 8.42 Å². The van der Waals surface area contributed by atoms with Crippen molar-refractivity contribution in [2.75, 3.05) is 0 Å². The number of nitrogens with zero attached hydrogens (tertiary/aromatic N) is 1. The summed E-state index contributed by atoms with van der Waals surface area (Å²) in [5.74, 6) is 0.244. The predicted molar refractivity (Wildman–Crippen MR) is 126 cm³/mol. The molecule has 0 aromatic heterocycles. The zero-order valence-electron chi connectivity index (χ0n) is 17.4. The smallest absolute Gasteiger partial charge is 0.339 e. The Morgan fingerprint density at radius 2 is 1.58 bits per heavy atom. The summed E-state index contributed by atoms with van der Waals surface area (Å²) < 4.78 is 31.3. The van der Waals surface area contributed by atoms with E-state index in [1.165, 1.54) is 5.56 Å². The van der Waals surface area contributed by atoms with Crippen molar-refractivity contribution in [3.63, 3.8) is 0 Å². The van der Waals surface area contributed by atoms with Gasteiger partial charge in [0.25, 0.3) is 0 Å². The third-order valence-corrected chi connectivity index (χ3v) is 6.38. The van der Waals surface area contributed by atoms with E-state index in [9.17, 15) is 8.42 Å². The van der Waals surface area contributed by atoms with E-state index in [1.807, 2.05) is 61.5 Å². The first-order valence-electron chi connectivity index (χ1n) is 10.1. The molecule has 0 radical (unpaired) electrons. The first-order chi connectivity index (χ1) is 15.0. The van der Waals surface area contributed by atoms with E-state index in [4.69, 9.17) is 4.18 Å². The Kier molecular flexibility index (Phi) is 5.87. The third kappa shape index (κ3) is 4.67. The molecule has 0 atom stereocenters. The van der Waals surface area contributed by atoms with Crippen molar-refractivity contribution in [3.05, 3.63) is 102 Å². The van der Waals surface area contributed by atoms with Crippen molar-refractivity contribution < 1.29 is 12.6 Å². The number of hydrogen-bond donors (Lipinski definition) is 0. The molecule has 4 aromatic rings. The van der Waals surface area contributed by atoms with Crippen LogP contribution in [0, 0.1) is 6.92 Å². The lowest BCUT2D eigenvalue weighted by atomic mass is 10.0. The Morgan fingerprint density at radius 3 is 2.29 bits per heavy atom. The van der Waals surface area contributed by atoms with Crippen LogP contribution < -0.4 is 4.18 Å². The molecular formula is C26H23NO3S. The van der Waals surface area contributed by atoms with E-state index in [-0.39, 0.29) is 10.6 Å². The number of rotatable bonds is 6. The number of aryl methyl sites for hydroxylation is 2. The number of aliphatic imine (C=N–C) groups is 1. The largest absolute Gasteiger partial charge is 0.378 e. The Hall–Kier alpha value is -3.44. The monoisotopic (exact) mass is 429 g/mol. The quantitative estimate of drug-likeness (QED) is 0.270. The van der Waals surface area contributed by atoms with Crippen molar-refractivity contribution in [3.8, 4) is 5.75 Å². The zero-order chi connectivity index (χ0) is 21.8. The molecule has 0 N–H and O–H groups in total. The molecule has 0 saturated heterocycles. The van der Waals surface area contributed by atoms with Crippen LogP contribution in [0.3, 0.4) is 0 Å². The molecule has 31 heavy (non-hydrogen) atoms. The van der Waals surface area contributed by atoms with Gasteiger partial charge in [0.05, 0.1) is 5.69 Å². The fourth-order valence-electron chi connectivity index (χ4n) is 3.31. The molecular weight excluding hydrogens is 406 g/mol. The lowest BCUT2D eigenvalue weighted by Crippen LogP contribution is -2.11. The average molecular weight is 430 g/mol. The minimum atomic E-state index is -3.97. The summed E-state index contributed by atoms with van der Waals surface area (Å²) >= 11 is 0. The van der Waals surface area contributed by atoms with Crippen LogP contribution >= 0.6 is 0 Å². The molecule has 0 bridgehead atoms. The van der Waals surface area contributed by atoms with Gasteiger partial charge >= 0.3 is 10.1 Å². The second kappa shape index (κ2) is 8.74. The summed E-state index contributed by atoms with van der Waals surface area (Å²) in [5, 5.41) is 1.85. The molecule has 0 fully saturated rings. The van der Waals surface area contributed by atoms with Gasteiger partial charge in [-0.15, -0.1) is 0 Å². The summed E-state index contributed by atoms with van der Waals surface area (Å²) in [6.45, 7) is 4.01. The lowest BCUT2D eigenvalue weighted by molar-refractivity contribution is 0.486.